The molecule has 0 bridgehead atoms. The first kappa shape index (κ1) is 18.2. The lowest BCUT2D eigenvalue weighted by Crippen LogP contribution is -2.52. The number of hydrogen-bond acceptors (Lipinski definition) is 3. The molecule has 1 saturated carbocycles. The number of rotatable bonds is 2. The molecule has 1 amide bonds. The summed E-state index contributed by atoms with van der Waals surface area (Å²) in [6.07, 6.45) is 9.46. The van der Waals surface area contributed by atoms with Crippen molar-refractivity contribution in [3.05, 3.63) is 22.4 Å². The van der Waals surface area contributed by atoms with Crippen LogP contribution in [0.3, 0.4) is 0 Å². The van der Waals surface area contributed by atoms with E-state index in [0.29, 0.717) is 11.3 Å². The summed E-state index contributed by atoms with van der Waals surface area (Å²) in [5, 5.41) is 5.65. The van der Waals surface area contributed by atoms with Crippen LogP contribution in [0.5, 0.6) is 0 Å². The van der Waals surface area contributed by atoms with Crippen LogP contribution in [0.25, 0.3) is 0 Å². The van der Waals surface area contributed by atoms with Crippen LogP contribution in [0.15, 0.2) is 17.5 Å². The van der Waals surface area contributed by atoms with Crippen molar-refractivity contribution in [2.45, 2.75) is 56.8 Å². The summed E-state index contributed by atoms with van der Waals surface area (Å²) in [5.74, 6) is 0.431. The fourth-order valence-corrected chi connectivity index (χ4v) is 5.96. The van der Waals surface area contributed by atoms with Gasteiger partial charge >= 0.3 is 0 Å². The van der Waals surface area contributed by atoms with Gasteiger partial charge in [0, 0.05) is 24.5 Å². The smallest absolute Gasteiger partial charge is 0.234 e. The average molecular weight is 369 g/mol. The molecule has 24 heavy (non-hydrogen) atoms. The molecular weight excluding hydrogens is 340 g/mol. The number of carbonyl (C=O) groups is 1. The van der Waals surface area contributed by atoms with Crippen molar-refractivity contribution in [2.24, 2.45) is 5.41 Å². The molecule has 0 atom stereocenters. The topological polar surface area (TPSA) is 32.3 Å². The predicted molar refractivity (Wildman–Crippen MR) is 102 cm³/mol. The molecule has 1 spiro atoms. The molecule has 4 rings (SSSR count). The van der Waals surface area contributed by atoms with Gasteiger partial charge in [0.05, 0.1) is 5.41 Å². The second kappa shape index (κ2) is 7.35. The van der Waals surface area contributed by atoms with E-state index in [1.807, 2.05) is 0 Å². The molecule has 0 radical (unpaired) electrons. The molecule has 1 N–H and O–H groups in total. The normalized spacial score (nSPS) is 25.4. The number of hydrogen-bond donors (Lipinski definition) is 1. The number of piperidine rings is 1. The maximum atomic E-state index is 13.5. The Morgan fingerprint density at radius 1 is 1.08 bits per heavy atom. The van der Waals surface area contributed by atoms with Crippen LogP contribution in [0.1, 0.15) is 56.2 Å². The van der Waals surface area contributed by atoms with E-state index in [1.165, 1.54) is 43.4 Å². The fourth-order valence-electron chi connectivity index (χ4n) is 4.98. The van der Waals surface area contributed by atoms with E-state index in [2.05, 4.69) is 27.7 Å². The van der Waals surface area contributed by atoms with Crippen LogP contribution < -0.4 is 5.32 Å². The first-order valence-electron chi connectivity index (χ1n) is 9.28. The highest BCUT2D eigenvalue weighted by Gasteiger charge is 2.46. The van der Waals surface area contributed by atoms with Crippen LogP contribution in [-0.4, -0.2) is 37.0 Å². The van der Waals surface area contributed by atoms with Gasteiger partial charge in [-0.3, -0.25) is 4.79 Å². The van der Waals surface area contributed by atoms with E-state index in [9.17, 15) is 4.79 Å². The number of amides is 1. The molecule has 1 aliphatic carbocycles. The molecule has 3 heterocycles. The quantitative estimate of drug-likeness (QED) is 0.856. The SMILES string of the molecule is Cl.O=C(N1CCC2(CCNC2)CC1)C1(c2cccs2)CCCCC1. The minimum Gasteiger partial charge on any atom is -0.342 e. The highest BCUT2D eigenvalue weighted by atomic mass is 35.5. The summed E-state index contributed by atoms with van der Waals surface area (Å²) in [6, 6.07) is 4.30. The molecule has 1 aromatic heterocycles. The molecule has 5 heteroatoms. The van der Waals surface area contributed by atoms with E-state index in [4.69, 9.17) is 0 Å². The molecule has 0 unspecified atom stereocenters. The second-order valence-electron chi connectivity index (χ2n) is 7.84. The Kier molecular flexibility index (Phi) is 5.58. The van der Waals surface area contributed by atoms with E-state index < -0.39 is 0 Å². The lowest BCUT2D eigenvalue weighted by atomic mass is 9.71. The number of carbonyl (C=O) groups excluding carboxylic acids is 1. The van der Waals surface area contributed by atoms with Crippen molar-refractivity contribution in [1.29, 1.82) is 0 Å². The molecular formula is C19H29ClN2OS. The van der Waals surface area contributed by atoms with Gasteiger partial charge in [0.1, 0.15) is 0 Å². The zero-order valence-electron chi connectivity index (χ0n) is 14.4. The van der Waals surface area contributed by atoms with Gasteiger partial charge in [-0.15, -0.1) is 23.7 Å². The highest BCUT2D eigenvalue weighted by Crippen LogP contribution is 2.45. The van der Waals surface area contributed by atoms with Crippen molar-refractivity contribution in [1.82, 2.24) is 10.2 Å². The molecule has 2 aliphatic heterocycles. The summed E-state index contributed by atoms with van der Waals surface area (Å²) in [7, 11) is 0. The van der Waals surface area contributed by atoms with Gasteiger partial charge in [0.25, 0.3) is 0 Å². The van der Waals surface area contributed by atoms with Crippen molar-refractivity contribution in [3.8, 4) is 0 Å². The number of likely N-dealkylation sites (tertiary alicyclic amines) is 1. The van der Waals surface area contributed by atoms with Crippen molar-refractivity contribution in [2.75, 3.05) is 26.2 Å². The van der Waals surface area contributed by atoms with Gasteiger partial charge in [0.2, 0.25) is 5.91 Å². The van der Waals surface area contributed by atoms with Gasteiger partial charge < -0.3 is 10.2 Å². The Morgan fingerprint density at radius 2 is 1.83 bits per heavy atom. The highest BCUT2D eigenvalue weighted by molar-refractivity contribution is 7.10. The number of thiophene rings is 1. The molecule has 3 nitrogen and oxygen atoms in total. The standard InChI is InChI=1S/C19H28N2OS.ClH/c22-17(21-12-9-18(10-13-21)8-11-20-15-18)19(6-2-1-3-7-19)16-5-4-14-23-16;/h4-5,14,20H,1-3,6-13,15H2;1H. The number of nitrogens with one attached hydrogen (secondary N) is 1. The minimum absolute atomic E-state index is 0. The Bertz CT molecular complexity index is 538. The van der Waals surface area contributed by atoms with E-state index >= 15 is 0 Å². The van der Waals surface area contributed by atoms with E-state index in [0.717, 1.165) is 39.0 Å². The lowest BCUT2D eigenvalue weighted by Gasteiger charge is -2.44. The Labute approximate surface area is 155 Å². The first-order valence-corrected chi connectivity index (χ1v) is 10.2. The van der Waals surface area contributed by atoms with Crippen LogP contribution in [0.2, 0.25) is 0 Å². The largest absolute Gasteiger partial charge is 0.342 e. The Morgan fingerprint density at radius 3 is 2.42 bits per heavy atom. The first-order chi connectivity index (χ1) is 11.2. The molecule has 1 aromatic rings. The number of nitrogens with zero attached hydrogens (tertiary/aromatic N) is 1. The minimum atomic E-state index is -0.204. The van der Waals surface area contributed by atoms with Gasteiger partial charge in [-0.1, -0.05) is 25.3 Å². The van der Waals surface area contributed by atoms with E-state index in [-0.39, 0.29) is 17.8 Å². The predicted octanol–water partition coefficient (Wildman–Crippen LogP) is 3.97. The molecule has 134 valence electrons. The van der Waals surface area contributed by atoms with Gasteiger partial charge in [-0.2, -0.15) is 0 Å². The lowest BCUT2D eigenvalue weighted by molar-refractivity contribution is -0.141. The Hall–Kier alpha value is -0.580. The summed E-state index contributed by atoms with van der Waals surface area (Å²) in [6.45, 7) is 4.25. The fraction of sp³-hybridized carbons (Fsp3) is 0.737. The van der Waals surface area contributed by atoms with Crippen LogP contribution in [0.4, 0.5) is 0 Å². The maximum absolute atomic E-state index is 13.5. The number of halogens is 1. The van der Waals surface area contributed by atoms with Crippen molar-refractivity contribution < 1.29 is 4.79 Å². The van der Waals surface area contributed by atoms with E-state index in [1.54, 1.807) is 11.3 Å². The van der Waals surface area contributed by atoms with Crippen LogP contribution in [0, 0.1) is 5.41 Å². The average Bonchev–Trinajstić information content (AvgIpc) is 3.28. The monoisotopic (exact) mass is 368 g/mol. The van der Waals surface area contributed by atoms with Crippen molar-refractivity contribution >= 4 is 29.7 Å². The third-order valence-electron chi connectivity index (χ3n) is 6.55. The zero-order chi connectivity index (χ0) is 15.8. The summed E-state index contributed by atoms with van der Waals surface area (Å²) in [5.41, 5.74) is 0.282. The van der Waals surface area contributed by atoms with Crippen LogP contribution in [-0.2, 0) is 10.2 Å². The molecule has 3 aliphatic rings. The molecule has 3 fully saturated rings. The molecule has 2 saturated heterocycles. The van der Waals surface area contributed by atoms with Gasteiger partial charge in [-0.25, -0.2) is 0 Å². The third-order valence-corrected chi connectivity index (χ3v) is 7.63. The summed E-state index contributed by atoms with van der Waals surface area (Å²) < 4.78 is 0. The van der Waals surface area contributed by atoms with Crippen LogP contribution >= 0.6 is 23.7 Å². The Balaban J connectivity index is 0.00000169. The summed E-state index contributed by atoms with van der Waals surface area (Å²) >= 11 is 1.78. The zero-order valence-corrected chi connectivity index (χ0v) is 16.0. The summed E-state index contributed by atoms with van der Waals surface area (Å²) in [4.78, 5) is 17.0. The maximum Gasteiger partial charge on any atom is 0.234 e. The second-order valence-corrected chi connectivity index (χ2v) is 8.79. The van der Waals surface area contributed by atoms with Gasteiger partial charge in [0.15, 0.2) is 0 Å². The third kappa shape index (κ3) is 3.13. The van der Waals surface area contributed by atoms with Crippen molar-refractivity contribution in [3.63, 3.8) is 0 Å². The molecule has 0 aromatic carbocycles. The van der Waals surface area contributed by atoms with Gasteiger partial charge in [-0.05, 0) is 55.5 Å².